The fourth-order valence-corrected chi connectivity index (χ4v) is 4.67. The minimum Gasteiger partial charge on any atom is -0.497 e. The van der Waals surface area contributed by atoms with Crippen molar-refractivity contribution in [2.45, 2.75) is 19.3 Å². The Balaban J connectivity index is 1.26. The second-order valence-electron chi connectivity index (χ2n) is 7.23. The van der Waals surface area contributed by atoms with Gasteiger partial charge in [0.15, 0.2) is 5.13 Å². The van der Waals surface area contributed by atoms with Crippen LogP contribution in [-0.4, -0.2) is 37.6 Å². The lowest BCUT2D eigenvalue weighted by Crippen LogP contribution is -2.41. The molecule has 1 saturated heterocycles. The fourth-order valence-electron chi connectivity index (χ4n) is 3.64. The van der Waals surface area contributed by atoms with E-state index in [0.717, 1.165) is 47.9 Å². The fraction of sp³-hybridized carbons (Fsp3) is 0.364. The minimum atomic E-state index is -0.281. The van der Waals surface area contributed by atoms with Crippen LogP contribution in [0.2, 0.25) is 0 Å². The Morgan fingerprint density at radius 3 is 2.69 bits per heavy atom. The summed E-state index contributed by atoms with van der Waals surface area (Å²) in [5, 5.41) is 3.90. The maximum absolute atomic E-state index is 13.9. The highest BCUT2D eigenvalue weighted by atomic mass is 32.1. The van der Waals surface area contributed by atoms with Crippen LogP contribution in [0.5, 0.6) is 5.75 Å². The van der Waals surface area contributed by atoms with Gasteiger partial charge in [0.25, 0.3) is 0 Å². The summed E-state index contributed by atoms with van der Waals surface area (Å²) in [4.78, 5) is 19.1. The van der Waals surface area contributed by atoms with Gasteiger partial charge in [-0.15, -0.1) is 0 Å². The van der Waals surface area contributed by atoms with E-state index in [1.807, 2.05) is 30.3 Å². The van der Waals surface area contributed by atoms with Crippen molar-refractivity contribution in [3.05, 3.63) is 53.8 Å². The Labute approximate surface area is 173 Å². The number of nitrogens with zero attached hydrogens (tertiary/aromatic N) is 2. The number of carbonyl (C=O) groups excluding carboxylic acids is 1. The molecule has 1 N–H and O–H groups in total. The van der Waals surface area contributed by atoms with E-state index in [2.05, 4.69) is 15.2 Å². The zero-order chi connectivity index (χ0) is 20.2. The van der Waals surface area contributed by atoms with Gasteiger partial charge in [-0.3, -0.25) is 4.79 Å². The highest BCUT2D eigenvalue weighted by molar-refractivity contribution is 7.22. The Kier molecular flexibility index (Phi) is 5.94. The number of piperidine rings is 1. The van der Waals surface area contributed by atoms with E-state index < -0.39 is 0 Å². The third kappa shape index (κ3) is 4.50. The van der Waals surface area contributed by atoms with Crippen LogP contribution in [-0.2, 0) is 11.2 Å². The lowest BCUT2D eigenvalue weighted by molar-refractivity contribution is -0.125. The van der Waals surface area contributed by atoms with Gasteiger partial charge in [0.2, 0.25) is 5.91 Å². The van der Waals surface area contributed by atoms with Gasteiger partial charge >= 0.3 is 0 Å². The monoisotopic (exact) mass is 413 g/mol. The molecule has 1 aliphatic heterocycles. The summed E-state index contributed by atoms with van der Waals surface area (Å²) >= 11 is 1.51. The predicted molar refractivity (Wildman–Crippen MR) is 114 cm³/mol. The first-order chi connectivity index (χ1) is 14.1. The molecule has 0 spiro atoms. The number of halogens is 1. The molecule has 0 saturated carbocycles. The maximum Gasteiger partial charge on any atom is 0.223 e. The Morgan fingerprint density at radius 2 is 2.00 bits per heavy atom. The number of hydrogen-bond acceptors (Lipinski definition) is 5. The van der Waals surface area contributed by atoms with Crippen molar-refractivity contribution in [3.8, 4) is 5.75 Å². The van der Waals surface area contributed by atoms with Crippen molar-refractivity contribution in [1.29, 1.82) is 0 Å². The van der Waals surface area contributed by atoms with E-state index in [4.69, 9.17) is 4.74 Å². The number of methoxy groups -OCH3 is 1. The number of rotatable bonds is 6. The number of amides is 1. The third-order valence-corrected chi connectivity index (χ3v) is 6.45. The summed E-state index contributed by atoms with van der Waals surface area (Å²) in [7, 11) is 1.65. The molecule has 1 aromatic heterocycles. The zero-order valence-electron chi connectivity index (χ0n) is 16.4. The van der Waals surface area contributed by atoms with Crippen molar-refractivity contribution < 1.29 is 13.9 Å². The molecule has 1 amide bonds. The Bertz CT molecular complexity index is 981. The number of ether oxygens (including phenoxy) is 1. The van der Waals surface area contributed by atoms with Gasteiger partial charge in [-0.1, -0.05) is 29.5 Å². The first-order valence-electron chi connectivity index (χ1n) is 9.84. The number of thiazole rings is 1. The molecule has 1 fully saturated rings. The largest absolute Gasteiger partial charge is 0.497 e. The van der Waals surface area contributed by atoms with E-state index in [1.54, 1.807) is 13.2 Å². The molecule has 2 heterocycles. The summed E-state index contributed by atoms with van der Waals surface area (Å²) < 4.78 is 19.9. The van der Waals surface area contributed by atoms with Crippen molar-refractivity contribution in [3.63, 3.8) is 0 Å². The third-order valence-electron chi connectivity index (χ3n) is 5.37. The Morgan fingerprint density at radius 1 is 1.24 bits per heavy atom. The van der Waals surface area contributed by atoms with Crippen LogP contribution in [0.25, 0.3) is 10.2 Å². The first-order valence-corrected chi connectivity index (χ1v) is 10.7. The van der Waals surface area contributed by atoms with Gasteiger partial charge < -0.3 is 15.0 Å². The average molecular weight is 414 g/mol. The van der Waals surface area contributed by atoms with Crippen LogP contribution in [0.3, 0.4) is 0 Å². The normalized spacial score (nSPS) is 14.9. The molecule has 3 aromatic rings. The summed E-state index contributed by atoms with van der Waals surface area (Å²) in [5.41, 5.74) is 1.61. The smallest absolute Gasteiger partial charge is 0.223 e. The maximum atomic E-state index is 13.9. The number of benzene rings is 2. The van der Waals surface area contributed by atoms with E-state index in [0.29, 0.717) is 12.1 Å². The number of anilines is 1. The lowest BCUT2D eigenvalue weighted by Gasteiger charge is -2.31. The molecule has 0 radical (unpaired) electrons. The Hall–Kier alpha value is -2.67. The van der Waals surface area contributed by atoms with Crippen LogP contribution >= 0.6 is 11.3 Å². The molecule has 152 valence electrons. The lowest BCUT2D eigenvalue weighted by atomic mass is 9.96. The summed E-state index contributed by atoms with van der Waals surface area (Å²) in [6, 6.07) is 12.9. The summed E-state index contributed by atoms with van der Waals surface area (Å²) in [5.74, 6) is 0.693. The van der Waals surface area contributed by atoms with Crippen LogP contribution in [0.1, 0.15) is 18.4 Å². The van der Waals surface area contributed by atoms with Gasteiger partial charge in [0, 0.05) is 25.6 Å². The van der Waals surface area contributed by atoms with Gasteiger partial charge in [-0.05, 0) is 49.1 Å². The molecule has 0 bridgehead atoms. The second-order valence-corrected chi connectivity index (χ2v) is 8.24. The first kappa shape index (κ1) is 19.6. The molecule has 29 heavy (non-hydrogen) atoms. The van der Waals surface area contributed by atoms with Gasteiger partial charge in [0.05, 0.1) is 11.8 Å². The molecule has 7 heteroatoms. The number of fused-ring (bicyclic) bond motifs is 1. The zero-order valence-corrected chi connectivity index (χ0v) is 17.2. The van der Waals surface area contributed by atoms with E-state index in [1.165, 1.54) is 23.0 Å². The van der Waals surface area contributed by atoms with Crippen LogP contribution in [0, 0.1) is 11.7 Å². The van der Waals surface area contributed by atoms with Crippen molar-refractivity contribution in [2.24, 2.45) is 5.92 Å². The minimum absolute atomic E-state index is 0.0215. The number of carbonyl (C=O) groups is 1. The molecule has 2 aromatic carbocycles. The second kappa shape index (κ2) is 8.78. The van der Waals surface area contributed by atoms with Gasteiger partial charge in [-0.2, -0.15) is 0 Å². The highest BCUT2D eigenvalue weighted by Crippen LogP contribution is 2.32. The molecule has 5 nitrogen and oxygen atoms in total. The van der Waals surface area contributed by atoms with Gasteiger partial charge in [-0.25, -0.2) is 9.37 Å². The van der Waals surface area contributed by atoms with E-state index >= 15 is 0 Å². The summed E-state index contributed by atoms with van der Waals surface area (Å²) in [6.45, 7) is 2.15. The number of para-hydroxylation sites is 1. The van der Waals surface area contributed by atoms with Crippen molar-refractivity contribution >= 4 is 32.6 Å². The van der Waals surface area contributed by atoms with E-state index in [-0.39, 0.29) is 17.6 Å². The number of aromatic nitrogens is 1. The van der Waals surface area contributed by atoms with E-state index in [9.17, 15) is 9.18 Å². The predicted octanol–water partition coefficient (Wildman–Crippen LogP) is 4.02. The molecular formula is C22H24FN3O2S. The summed E-state index contributed by atoms with van der Waals surface area (Å²) in [6.07, 6.45) is 2.37. The molecule has 0 aliphatic carbocycles. The SMILES string of the molecule is COc1ccc(CCNC(=O)C2CCN(c3nc4c(F)cccc4s3)CC2)cc1. The molecular weight excluding hydrogens is 389 g/mol. The number of nitrogens with one attached hydrogen (secondary N) is 1. The molecule has 1 aliphatic rings. The van der Waals surface area contributed by atoms with Gasteiger partial charge in [0.1, 0.15) is 17.1 Å². The van der Waals surface area contributed by atoms with Crippen LogP contribution in [0.4, 0.5) is 9.52 Å². The molecule has 0 atom stereocenters. The topological polar surface area (TPSA) is 54.5 Å². The molecule has 0 unspecified atom stereocenters. The molecule has 4 rings (SSSR count). The average Bonchev–Trinajstić information content (AvgIpc) is 3.20. The van der Waals surface area contributed by atoms with Crippen LogP contribution < -0.4 is 15.0 Å². The van der Waals surface area contributed by atoms with Crippen molar-refractivity contribution in [2.75, 3.05) is 31.6 Å². The standard InChI is InChI=1S/C22H24FN3O2S/c1-28-17-7-5-15(6-8-17)9-12-24-21(27)16-10-13-26(14-11-16)22-25-20-18(23)3-2-4-19(20)29-22/h2-8,16H,9-14H2,1H3,(H,24,27). The highest BCUT2D eigenvalue weighted by Gasteiger charge is 2.26. The number of hydrogen-bond donors (Lipinski definition) is 1. The van der Waals surface area contributed by atoms with Crippen molar-refractivity contribution in [1.82, 2.24) is 10.3 Å². The van der Waals surface area contributed by atoms with Crippen LogP contribution in [0.15, 0.2) is 42.5 Å². The quantitative estimate of drug-likeness (QED) is 0.663.